The van der Waals surface area contributed by atoms with Crippen molar-refractivity contribution in [1.82, 2.24) is 10.6 Å². The van der Waals surface area contributed by atoms with Crippen molar-refractivity contribution in [2.24, 2.45) is 10.9 Å². The van der Waals surface area contributed by atoms with E-state index in [9.17, 15) is 9.50 Å². The maximum atomic E-state index is 14.5. The topological polar surface area (TPSA) is 59.9 Å². The van der Waals surface area contributed by atoms with Gasteiger partial charge in [-0.3, -0.25) is 0 Å². The van der Waals surface area contributed by atoms with E-state index in [1.807, 2.05) is 24.0 Å². The average Bonchev–Trinajstić information content (AvgIpc) is 2.61. The molecule has 1 heterocycles. The Morgan fingerprint density at radius 2 is 1.96 bits per heavy atom. The fraction of sp³-hybridized carbons (Fsp3) is 0.650. The first-order chi connectivity index (χ1) is 12.4. The Morgan fingerprint density at radius 3 is 2.52 bits per heavy atom. The summed E-state index contributed by atoms with van der Waals surface area (Å²) in [5.41, 5.74) is 1.46. The Hall–Kier alpha value is -1.09. The Morgan fingerprint density at radius 1 is 1.30 bits per heavy atom. The minimum atomic E-state index is -0.256. The Kier molecular flexibility index (Phi) is 10.4. The largest absolute Gasteiger partial charge is 0.393 e. The summed E-state index contributed by atoms with van der Waals surface area (Å²) in [5, 5.41) is 16.2. The first-order valence-electron chi connectivity index (χ1n) is 9.67. The van der Waals surface area contributed by atoms with Crippen molar-refractivity contribution in [3.8, 4) is 0 Å². The second-order valence-corrected chi connectivity index (χ2v) is 7.38. The van der Waals surface area contributed by atoms with Crippen LogP contribution >= 0.6 is 24.0 Å². The number of rotatable bonds is 6. The highest BCUT2D eigenvalue weighted by Gasteiger charge is 2.19. The number of aliphatic imine (C=N–C) groups is 1. The lowest BCUT2D eigenvalue weighted by Gasteiger charge is -2.31. The van der Waals surface area contributed by atoms with Crippen LogP contribution in [-0.2, 0) is 6.54 Å². The van der Waals surface area contributed by atoms with Gasteiger partial charge in [-0.05, 0) is 50.3 Å². The number of aliphatic hydroxyl groups is 1. The van der Waals surface area contributed by atoms with Gasteiger partial charge in [-0.15, -0.1) is 24.0 Å². The summed E-state index contributed by atoms with van der Waals surface area (Å²) >= 11 is 0. The predicted molar refractivity (Wildman–Crippen MR) is 122 cm³/mol. The molecule has 0 radical (unpaired) electrons. The van der Waals surface area contributed by atoms with E-state index in [2.05, 4.69) is 36.4 Å². The number of hydrogen-bond donors (Lipinski definition) is 3. The maximum Gasteiger partial charge on any atom is 0.191 e. The van der Waals surface area contributed by atoms with Gasteiger partial charge in [-0.1, -0.05) is 19.9 Å². The van der Waals surface area contributed by atoms with E-state index in [1.54, 1.807) is 6.07 Å². The quantitative estimate of drug-likeness (QED) is 0.323. The highest BCUT2D eigenvalue weighted by molar-refractivity contribution is 14.0. The van der Waals surface area contributed by atoms with Gasteiger partial charge in [0.15, 0.2) is 5.96 Å². The maximum absolute atomic E-state index is 14.5. The number of aliphatic hydroxyl groups excluding tert-OH is 1. The molecule has 1 saturated heterocycles. The van der Waals surface area contributed by atoms with Crippen LogP contribution in [0.1, 0.15) is 46.1 Å². The third kappa shape index (κ3) is 7.44. The fourth-order valence-electron chi connectivity index (χ4n) is 2.88. The minimum absolute atomic E-state index is 0. The molecule has 0 spiro atoms. The number of piperidine rings is 1. The molecule has 1 aliphatic heterocycles. The standard InChI is InChI=1S/C20H33FN4O.HI/c1-5-22-20(24-15(4)14(2)3)23-13-16-6-7-19(18(21)12-16)25-10-8-17(26)9-11-25;/h6-7,12,14-15,17,26H,5,8-11,13H2,1-4H3,(H2,22,23,24);1H. The number of hydrogen-bond acceptors (Lipinski definition) is 3. The molecular formula is C20H34FIN4O. The van der Waals surface area contributed by atoms with E-state index in [0.29, 0.717) is 50.1 Å². The van der Waals surface area contributed by atoms with Gasteiger partial charge in [0.25, 0.3) is 0 Å². The van der Waals surface area contributed by atoms with Crippen LogP contribution in [0, 0.1) is 11.7 Å². The first kappa shape index (κ1) is 23.9. The summed E-state index contributed by atoms with van der Waals surface area (Å²) < 4.78 is 14.5. The molecule has 0 aromatic heterocycles. The van der Waals surface area contributed by atoms with Gasteiger partial charge in [-0.2, -0.15) is 0 Å². The molecule has 154 valence electrons. The molecule has 27 heavy (non-hydrogen) atoms. The molecule has 1 unspecified atom stereocenters. The van der Waals surface area contributed by atoms with Gasteiger partial charge in [0.05, 0.1) is 18.3 Å². The van der Waals surface area contributed by atoms with E-state index >= 15 is 0 Å². The number of halogens is 2. The lowest BCUT2D eigenvalue weighted by Crippen LogP contribution is -2.44. The Labute approximate surface area is 179 Å². The second-order valence-electron chi connectivity index (χ2n) is 7.38. The molecule has 0 bridgehead atoms. The van der Waals surface area contributed by atoms with Crippen LogP contribution in [0.3, 0.4) is 0 Å². The van der Waals surface area contributed by atoms with E-state index in [0.717, 1.165) is 18.1 Å². The van der Waals surface area contributed by atoms with Crippen molar-refractivity contribution < 1.29 is 9.50 Å². The normalized spacial score (nSPS) is 16.9. The predicted octanol–water partition coefficient (Wildman–Crippen LogP) is 3.50. The van der Waals surface area contributed by atoms with Crippen molar-refractivity contribution >= 4 is 35.6 Å². The van der Waals surface area contributed by atoms with Gasteiger partial charge in [0.1, 0.15) is 5.82 Å². The van der Waals surface area contributed by atoms with Gasteiger partial charge >= 0.3 is 0 Å². The third-order valence-electron chi connectivity index (χ3n) is 4.95. The molecule has 5 nitrogen and oxygen atoms in total. The Bertz CT molecular complexity index is 604. The van der Waals surface area contributed by atoms with Gasteiger partial charge in [0.2, 0.25) is 0 Å². The summed E-state index contributed by atoms with van der Waals surface area (Å²) in [5.74, 6) is 1.03. The molecule has 3 N–H and O–H groups in total. The van der Waals surface area contributed by atoms with Crippen LogP contribution in [0.4, 0.5) is 10.1 Å². The third-order valence-corrected chi connectivity index (χ3v) is 4.95. The summed E-state index contributed by atoms with van der Waals surface area (Å²) in [6, 6.07) is 5.64. The first-order valence-corrected chi connectivity index (χ1v) is 9.67. The number of guanidine groups is 1. The zero-order chi connectivity index (χ0) is 19.1. The lowest BCUT2D eigenvalue weighted by molar-refractivity contribution is 0.145. The van der Waals surface area contributed by atoms with Crippen LogP contribution in [0.25, 0.3) is 0 Å². The van der Waals surface area contributed by atoms with Crippen LogP contribution in [0.5, 0.6) is 0 Å². The summed E-state index contributed by atoms with van der Waals surface area (Å²) in [6.07, 6.45) is 1.13. The fourth-order valence-corrected chi connectivity index (χ4v) is 2.88. The van der Waals surface area contributed by atoms with Crippen molar-refractivity contribution in [2.75, 3.05) is 24.5 Å². The molecule has 0 saturated carbocycles. The monoisotopic (exact) mass is 492 g/mol. The van der Waals surface area contributed by atoms with Crippen LogP contribution < -0.4 is 15.5 Å². The average molecular weight is 492 g/mol. The molecule has 7 heteroatoms. The molecule has 0 amide bonds. The summed E-state index contributed by atoms with van der Waals surface area (Å²) in [4.78, 5) is 6.59. The van der Waals surface area contributed by atoms with Crippen molar-refractivity contribution in [1.29, 1.82) is 0 Å². The number of anilines is 1. The zero-order valence-electron chi connectivity index (χ0n) is 16.8. The highest BCUT2D eigenvalue weighted by Crippen LogP contribution is 2.24. The number of benzene rings is 1. The molecule has 1 fully saturated rings. The Balaban J connectivity index is 0.00000364. The molecule has 1 aliphatic rings. The van der Waals surface area contributed by atoms with Crippen molar-refractivity contribution in [3.05, 3.63) is 29.6 Å². The summed E-state index contributed by atoms with van der Waals surface area (Å²) in [7, 11) is 0. The van der Waals surface area contributed by atoms with Crippen LogP contribution in [0.15, 0.2) is 23.2 Å². The minimum Gasteiger partial charge on any atom is -0.393 e. The van der Waals surface area contributed by atoms with Gasteiger partial charge in [-0.25, -0.2) is 9.38 Å². The van der Waals surface area contributed by atoms with Crippen molar-refractivity contribution in [2.45, 2.75) is 59.2 Å². The SMILES string of the molecule is CCNC(=NCc1ccc(N2CCC(O)CC2)c(F)c1)NC(C)C(C)C.I. The highest BCUT2D eigenvalue weighted by atomic mass is 127. The van der Waals surface area contributed by atoms with Crippen molar-refractivity contribution in [3.63, 3.8) is 0 Å². The molecule has 1 aromatic carbocycles. The van der Waals surface area contributed by atoms with Gasteiger partial charge < -0.3 is 20.6 Å². The number of nitrogens with zero attached hydrogens (tertiary/aromatic N) is 2. The molecule has 2 rings (SSSR count). The van der Waals surface area contributed by atoms with E-state index < -0.39 is 0 Å². The molecule has 0 aliphatic carbocycles. The van der Waals surface area contributed by atoms with Gasteiger partial charge in [0, 0.05) is 25.7 Å². The lowest BCUT2D eigenvalue weighted by atomic mass is 10.1. The van der Waals surface area contributed by atoms with E-state index in [4.69, 9.17) is 0 Å². The zero-order valence-corrected chi connectivity index (χ0v) is 19.2. The molecular weight excluding hydrogens is 458 g/mol. The molecule has 1 aromatic rings. The smallest absolute Gasteiger partial charge is 0.191 e. The van der Waals surface area contributed by atoms with Crippen LogP contribution in [0.2, 0.25) is 0 Å². The number of nitrogens with one attached hydrogen (secondary N) is 2. The summed E-state index contributed by atoms with van der Waals surface area (Å²) in [6.45, 7) is 11.1. The second kappa shape index (κ2) is 11.7. The van der Waals surface area contributed by atoms with E-state index in [1.165, 1.54) is 0 Å². The molecule has 1 atom stereocenters. The van der Waals surface area contributed by atoms with Crippen LogP contribution in [-0.4, -0.2) is 42.8 Å². The van der Waals surface area contributed by atoms with E-state index in [-0.39, 0.29) is 35.9 Å².